The highest BCUT2D eigenvalue weighted by atomic mass is 16.5. The molecule has 3 nitrogen and oxygen atoms in total. The lowest BCUT2D eigenvalue weighted by molar-refractivity contribution is 0.135. The lowest BCUT2D eigenvalue weighted by Crippen LogP contribution is -2.39. The first-order valence-corrected chi connectivity index (χ1v) is 10.6. The zero-order valence-corrected chi connectivity index (χ0v) is 17.0. The van der Waals surface area contributed by atoms with Gasteiger partial charge in [0.1, 0.15) is 5.75 Å². The molecule has 1 spiro atoms. The first-order valence-electron chi connectivity index (χ1n) is 10.6. The number of aliphatic hydroxyl groups is 2. The number of rotatable bonds is 0. The molecule has 0 radical (unpaired) electrons. The fourth-order valence-electron chi connectivity index (χ4n) is 5.06. The van der Waals surface area contributed by atoms with Crippen LogP contribution < -0.4 is 4.74 Å². The maximum Gasteiger partial charge on any atom is 0.207 e. The summed E-state index contributed by atoms with van der Waals surface area (Å²) in [5, 5.41) is 26.4. The number of ether oxygens (including phenoxy) is 1. The molecule has 0 saturated carbocycles. The highest BCUT2D eigenvalue weighted by Crippen LogP contribution is 2.49. The van der Waals surface area contributed by atoms with Gasteiger partial charge in [-0.25, -0.2) is 0 Å². The van der Waals surface area contributed by atoms with E-state index in [0.29, 0.717) is 11.3 Å². The third-order valence-corrected chi connectivity index (χ3v) is 6.70. The predicted molar refractivity (Wildman–Crippen MR) is 129 cm³/mol. The smallest absolute Gasteiger partial charge is 0.207 e. The maximum atomic E-state index is 11.1. The molecule has 152 valence electrons. The lowest BCUT2D eigenvalue weighted by Gasteiger charge is -2.36. The van der Waals surface area contributed by atoms with Gasteiger partial charge in [-0.2, -0.15) is 0 Å². The van der Waals surface area contributed by atoms with Gasteiger partial charge in [-0.15, -0.1) is 0 Å². The first-order chi connectivity index (χ1) is 15.6. The van der Waals surface area contributed by atoms with Gasteiger partial charge in [0, 0.05) is 16.5 Å². The van der Waals surface area contributed by atoms with Gasteiger partial charge < -0.3 is 14.9 Å². The van der Waals surface area contributed by atoms with E-state index in [1.807, 2.05) is 66.8 Å². The van der Waals surface area contributed by atoms with Gasteiger partial charge in [-0.1, -0.05) is 66.7 Å². The summed E-state index contributed by atoms with van der Waals surface area (Å²) in [5.41, 5.74) is 3.21. The molecule has 1 aliphatic heterocycles. The summed E-state index contributed by atoms with van der Waals surface area (Å²) in [6.07, 6.45) is 7.60. The summed E-state index contributed by atoms with van der Waals surface area (Å²) in [4.78, 5) is 0. The van der Waals surface area contributed by atoms with Crippen LogP contribution in [0.4, 0.5) is 0 Å². The molecule has 2 aliphatic carbocycles. The molecular formula is C29H18O3. The highest BCUT2D eigenvalue weighted by Gasteiger charge is 2.44. The fourth-order valence-corrected chi connectivity index (χ4v) is 5.06. The molecule has 0 aromatic heterocycles. The van der Waals surface area contributed by atoms with Gasteiger partial charge in [-0.05, 0) is 63.2 Å². The van der Waals surface area contributed by atoms with Crippen molar-refractivity contribution in [1.29, 1.82) is 0 Å². The zero-order valence-electron chi connectivity index (χ0n) is 17.0. The maximum absolute atomic E-state index is 11.1. The van der Waals surface area contributed by atoms with Crippen LogP contribution in [0.1, 0.15) is 16.7 Å². The number of allylic oxidation sites excluding steroid dienone is 1. The van der Waals surface area contributed by atoms with Crippen LogP contribution in [0.15, 0.2) is 102 Å². The minimum atomic E-state index is -1.26. The number of hydrogen-bond acceptors (Lipinski definition) is 3. The Balaban J connectivity index is 1.46. The second kappa shape index (κ2) is 5.92. The van der Waals surface area contributed by atoms with Gasteiger partial charge in [0.05, 0.1) is 0 Å². The molecule has 7 rings (SSSR count). The predicted octanol–water partition coefficient (Wildman–Crippen LogP) is 6.96. The second-order valence-electron chi connectivity index (χ2n) is 8.53. The number of aliphatic hydroxyl groups excluding tert-OH is 2. The van der Waals surface area contributed by atoms with Gasteiger partial charge in [0.2, 0.25) is 5.60 Å². The van der Waals surface area contributed by atoms with Crippen LogP contribution in [0.3, 0.4) is 0 Å². The first kappa shape index (κ1) is 17.4. The van der Waals surface area contributed by atoms with Gasteiger partial charge in [0.25, 0.3) is 0 Å². The van der Waals surface area contributed by atoms with Crippen molar-refractivity contribution in [2.45, 2.75) is 5.60 Å². The number of benzene rings is 4. The second-order valence-corrected chi connectivity index (χ2v) is 8.53. The van der Waals surface area contributed by atoms with Crippen LogP contribution in [0, 0.1) is 0 Å². The van der Waals surface area contributed by atoms with E-state index in [2.05, 4.69) is 30.3 Å². The van der Waals surface area contributed by atoms with Crippen molar-refractivity contribution in [2.24, 2.45) is 0 Å². The molecule has 4 aromatic carbocycles. The SMILES string of the molecule is OC1=C(O)C2(C=Cc3ccc4cc5ccccc5cc4c3O2)C=C2C1=Cc1ccccc12. The Morgan fingerprint density at radius 2 is 1.50 bits per heavy atom. The van der Waals surface area contributed by atoms with Crippen molar-refractivity contribution >= 4 is 39.3 Å². The van der Waals surface area contributed by atoms with Crippen molar-refractivity contribution in [2.75, 3.05) is 0 Å². The van der Waals surface area contributed by atoms with Crippen molar-refractivity contribution in [1.82, 2.24) is 0 Å². The standard InChI is InChI=1S/C29H18O3/c30-26-24-15-20-7-3-4-8-22(20)25(24)16-29(28(26)31)12-11-17-9-10-21-13-18-5-1-2-6-19(18)14-23(21)27(17)32-29/h1-16,30-31H. The molecule has 0 amide bonds. The van der Waals surface area contributed by atoms with Crippen molar-refractivity contribution < 1.29 is 14.9 Å². The van der Waals surface area contributed by atoms with Crippen LogP contribution in [0.2, 0.25) is 0 Å². The van der Waals surface area contributed by atoms with Crippen LogP contribution in [0.25, 0.3) is 39.3 Å². The summed E-state index contributed by atoms with van der Waals surface area (Å²) in [7, 11) is 0. The number of hydrogen-bond donors (Lipinski definition) is 2. The van der Waals surface area contributed by atoms with E-state index in [0.717, 1.165) is 38.4 Å². The molecule has 4 aromatic rings. The minimum absolute atomic E-state index is 0.141. The number of fused-ring (bicyclic) bond motifs is 7. The molecule has 3 heteroatoms. The molecule has 2 N–H and O–H groups in total. The van der Waals surface area contributed by atoms with E-state index in [4.69, 9.17) is 4.74 Å². The third kappa shape index (κ3) is 2.20. The molecule has 1 atom stereocenters. The Labute approximate surface area is 184 Å². The monoisotopic (exact) mass is 414 g/mol. The van der Waals surface area contributed by atoms with E-state index in [9.17, 15) is 10.2 Å². The van der Waals surface area contributed by atoms with Gasteiger partial charge in [0.15, 0.2) is 11.5 Å². The molecule has 1 unspecified atom stereocenters. The van der Waals surface area contributed by atoms with Gasteiger partial charge in [-0.3, -0.25) is 0 Å². The molecule has 0 fully saturated rings. The Morgan fingerprint density at radius 1 is 0.719 bits per heavy atom. The normalized spacial score (nSPS) is 20.6. The lowest BCUT2D eigenvalue weighted by atomic mass is 9.83. The average Bonchev–Trinajstić information content (AvgIpc) is 3.20. The quantitative estimate of drug-likeness (QED) is 0.306. The topological polar surface area (TPSA) is 49.7 Å². The Bertz CT molecular complexity index is 1620. The van der Waals surface area contributed by atoms with E-state index in [-0.39, 0.29) is 11.5 Å². The van der Waals surface area contributed by atoms with Crippen LogP contribution >= 0.6 is 0 Å². The third-order valence-electron chi connectivity index (χ3n) is 6.70. The minimum Gasteiger partial charge on any atom is -0.505 e. The summed E-state index contributed by atoms with van der Waals surface area (Å²) in [6, 6.07) is 24.6. The van der Waals surface area contributed by atoms with Crippen LogP contribution in [-0.4, -0.2) is 15.8 Å². The van der Waals surface area contributed by atoms with Crippen LogP contribution in [-0.2, 0) is 0 Å². The van der Waals surface area contributed by atoms with E-state index in [1.54, 1.807) is 0 Å². The molecule has 0 bridgehead atoms. The van der Waals surface area contributed by atoms with Crippen molar-refractivity contribution in [3.05, 3.63) is 119 Å². The van der Waals surface area contributed by atoms with Gasteiger partial charge >= 0.3 is 0 Å². The van der Waals surface area contributed by atoms with Crippen molar-refractivity contribution in [3.63, 3.8) is 0 Å². The Morgan fingerprint density at radius 3 is 2.38 bits per heavy atom. The Kier molecular flexibility index (Phi) is 3.23. The molecule has 1 heterocycles. The van der Waals surface area contributed by atoms with E-state index >= 15 is 0 Å². The van der Waals surface area contributed by atoms with E-state index < -0.39 is 5.60 Å². The van der Waals surface area contributed by atoms with Crippen molar-refractivity contribution in [3.8, 4) is 5.75 Å². The highest BCUT2D eigenvalue weighted by molar-refractivity contribution is 6.03. The largest absolute Gasteiger partial charge is 0.505 e. The summed E-state index contributed by atoms with van der Waals surface area (Å²) in [6.45, 7) is 0. The molecular weight excluding hydrogens is 396 g/mol. The molecule has 0 saturated heterocycles. The zero-order chi connectivity index (χ0) is 21.4. The fraction of sp³-hybridized carbons (Fsp3) is 0.0345. The summed E-state index contributed by atoms with van der Waals surface area (Å²) in [5.74, 6) is 0.364. The average molecular weight is 414 g/mol. The molecule has 3 aliphatic rings. The Hall–Kier alpha value is -4.24. The molecule has 32 heavy (non-hydrogen) atoms. The summed E-state index contributed by atoms with van der Waals surface area (Å²) >= 11 is 0. The van der Waals surface area contributed by atoms with E-state index in [1.165, 1.54) is 5.39 Å². The summed E-state index contributed by atoms with van der Waals surface area (Å²) < 4.78 is 6.57. The van der Waals surface area contributed by atoms with Crippen LogP contribution in [0.5, 0.6) is 5.75 Å².